The molecule has 2 nitrogen and oxygen atoms in total. The molecule has 3 heteroatoms. The van der Waals surface area contributed by atoms with E-state index < -0.39 is 0 Å². The number of halogens is 1. The number of nitrogens with zero attached hydrogens (tertiary/aromatic N) is 1. The second-order valence-electron chi connectivity index (χ2n) is 5.61. The fraction of sp³-hybridized carbons (Fsp3) is 0.381. The van der Waals surface area contributed by atoms with Gasteiger partial charge in [-0.25, -0.2) is 0 Å². The summed E-state index contributed by atoms with van der Waals surface area (Å²) in [5.41, 5.74) is 4.24. The van der Waals surface area contributed by atoms with E-state index in [1.807, 2.05) is 62.9 Å². The molecule has 130 valence electrons. The van der Waals surface area contributed by atoms with Crippen LogP contribution in [0, 0.1) is 6.92 Å². The number of allylic oxidation sites excluding steroid dienone is 1. The quantitative estimate of drug-likeness (QED) is 0.704. The largest absolute Gasteiger partial charge is 0.335 e. The third kappa shape index (κ3) is 4.39. The molecule has 1 aliphatic heterocycles. The summed E-state index contributed by atoms with van der Waals surface area (Å²) in [5.74, 6) is 0.103. The zero-order valence-corrected chi connectivity index (χ0v) is 16.0. The minimum atomic E-state index is 0.0227. The Labute approximate surface area is 151 Å². The van der Waals surface area contributed by atoms with Crippen LogP contribution < -0.4 is 0 Å². The number of aryl methyl sites for hydroxylation is 1. The van der Waals surface area contributed by atoms with Gasteiger partial charge in [0.2, 0.25) is 5.91 Å². The second kappa shape index (κ2) is 9.48. The highest BCUT2D eigenvalue weighted by molar-refractivity contribution is 6.31. The minimum Gasteiger partial charge on any atom is -0.335 e. The van der Waals surface area contributed by atoms with Crippen LogP contribution in [0.5, 0.6) is 0 Å². The molecule has 1 amide bonds. The standard InChI is InChI=1S/C19H22ClNO.C2H6/c1-5-15-10-11-21(14(4)16(15)6-2)19(22)12-17-13(3)8-7-9-18(17)20;1-2/h5-9,14H,1-2,10-12H2,3-4H3;1-2H3. The molecule has 0 spiro atoms. The van der Waals surface area contributed by atoms with Gasteiger partial charge in [0, 0.05) is 11.6 Å². The van der Waals surface area contributed by atoms with E-state index in [-0.39, 0.29) is 11.9 Å². The van der Waals surface area contributed by atoms with Gasteiger partial charge in [-0.15, -0.1) is 0 Å². The van der Waals surface area contributed by atoms with Crippen LogP contribution in [0.15, 0.2) is 54.7 Å². The number of benzene rings is 1. The SMILES string of the molecule is C=CC1=C(C=C)C(C)N(C(=O)Cc2c(C)cccc2Cl)CC1.CC. The summed E-state index contributed by atoms with van der Waals surface area (Å²) in [6.07, 6.45) is 4.86. The maximum absolute atomic E-state index is 12.7. The van der Waals surface area contributed by atoms with Crippen molar-refractivity contribution in [1.29, 1.82) is 0 Å². The van der Waals surface area contributed by atoms with Gasteiger partial charge in [0.25, 0.3) is 0 Å². The molecule has 1 aromatic carbocycles. The summed E-state index contributed by atoms with van der Waals surface area (Å²) in [6, 6.07) is 5.75. The van der Waals surface area contributed by atoms with Crippen molar-refractivity contribution in [3.8, 4) is 0 Å². The molecule has 1 aromatic rings. The number of amides is 1. The van der Waals surface area contributed by atoms with E-state index >= 15 is 0 Å². The molecule has 1 aliphatic rings. The lowest BCUT2D eigenvalue weighted by Gasteiger charge is -2.36. The number of hydrogen-bond acceptors (Lipinski definition) is 1. The number of rotatable bonds is 4. The zero-order valence-electron chi connectivity index (χ0n) is 15.2. The molecule has 0 fully saturated rings. The van der Waals surface area contributed by atoms with Gasteiger partial charge in [-0.05, 0) is 48.6 Å². The minimum absolute atomic E-state index is 0.0227. The van der Waals surface area contributed by atoms with Crippen LogP contribution in [0.3, 0.4) is 0 Å². The summed E-state index contributed by atoms with van der Waals surface area (Å²) in [5, 5.41) is 0.657. The molecule has 0 radical (unpaired) electrons. The van der Waals surface area contributed by atoms with E-state index in [1.165, 1.54) is 5.57 Å². The summed E-state index contributed by atoms with van der Waals surface area (Å²) < 4.78 is 0. The summed E-state index contributed by atoms with van der Waals surface area (Å²) >= 11 is 6.24. The first kappa shape index (κ1) is 20.2. The van der Waals surface area contributed by atoms with Gasteiger partial charge < -0.3 is 4.90 Å². The zero-order chi connectivity index (χ0) is 18.3. The average Bonchev–Trinajstić information content (AvgIpc) is 2.59. The Bertz CT molecular complexity index is 625. The Balaban J connectivity index is 0.00000139. The molecule has 0 aromatic heterocycles. The maximum atomic E-state index is 12.7. The van der Waals surface area contributed by atoms with Gasteiger partial charge in [-0.1, -0.05) is 62.9 Å². The second-order valence-corrected chi connectivity index (χ2v) is 6.02. The summed E-state index contributed by atoms with van der Waals surface area (Å²) in [7, 11) is 0. The number of hydrogen-bond donors (Lipinski definition) is 0. The third-order valence-corrected chi connectivity index (χ3v) is 4.73. The lowest BCUT2D eigenvalue weighted by molar-refractivity contribution is -0.132. The topological polar surface area (TPSA) is 20.3 Å². The van der Waals surface area contributed by atoms with Crippen LogP contribution >= 0.6 is 11.6 Å². The molecular weight excluding hydrogens is 318 g/mol. The van der Waals surface area contributed by atoms with Gasteiger partial charge in [-0.3, -0.25) is 4.79 Å². The van der Waals surface area contributed by atoms with Crippen molar-refractivity contribution in [3.05, 3.63) is 70.8 Å². The third-order valence-electron chi connectivity index (χ3n) is 4.38. The molecule has 1 unspecified atom stereocenters. The van der Waals surface area contributed by atoms with Crippen LogP contribution in [-0.2, 0) is 11.2 Å². The molecule has 0 aliphatic carbocycles. The van der Waals surface area contributed by atoms with E-state index in [2.05, 4.69) is 13.2 Å². The Kier molecular flexibility index (Phi) is 8.00. The van der Waals surface area contributed by atoms with Crippen molar-refractivity contribution in [2.75, 3.05) is 6.54 Å². The first-order valence-electron chi connectivity index (χ1n) is 8.51. The molecular formula is C21H28ClNO. The van der Waals surface area contributed by atoms with Gasteiger partial charge in [0.15, 0.2) is 0 Å². The Morgan fingerprint density at radius 2 is 2.00 bits per heavy atom. The van der Waals surface area contributed by atoms with E-state index in [4.69, 9.17) is 11.6 Å². The normalized spacial score (nSPS) is 17.0. The van der Waals surface area contributed by atoms with E-state index in [9.17, 15) is 4.79 Å². The van der Waals surface area contributed by atoms with Crippen molar-refractivity contribution in [1.82, 2.24) is 4.90 Å². The Hall–Kier alpha value is -1.80. The lowest BCUT2D eigenvalue weighted by atomic mass is 9.92. The molecule has 0 bridgehead atoms. The number of carbonyl (C=O) groups is 1. The van der Waals surface area contributed by atoms with Crippen molar-refractivity contribution in [2.45, 2.75) is 46.6 Å². The number of carbonyl (C=O) groups excluding carboxylic acids is 1. The van der Waals surface area contributed by atoms with Crippen LogP contribution in [0.2, 0.25) is 5.02 Å². The molecule has 24 heavy (non-hydrogen) atoms. The van der Waals surface area contributed by atoms with Gasteiger partial charge in [0.1, 0.15) is 0 Å². The smallest absolute Gasteiger partial charge is 0.227 e. The van der Waals surface area contributed by atoms with Crippen molar-refractivity contribution in [2.24, 2.45) is 0 Å². The van der Waals surface area contributed by atoms with Crippen molar-refractivity contribution >= 4 is 17.5 Å². The highest BCUT2D eigenvalue weighted by atomic mass is 35.5. The highest BCUT2D eigenvalue weighted by Crippen LogP contribution is 2.27. The lowest BCUT2D eigenvalue weighted by Crippen LogP contribution is -2.44. The van der Waals surface area contributed by atoms with E-state index in [0.29, 0.717) is 18.0 Å². The van der Waals surface area contributed by atoms with Gasteiger partial charge in [-0.2, -0.15) is 0 Å². The molecule has 1 heterocycles. The first-order chi connectivity index (χ1) is 11.5. The van der Waals surface area contributed by atoms with Gasteiger partial charge >= 0.3 is 0 Å². The van der Waals surface area contributed by atoms with Crippen LogP contribution in [0.25, 0.3) is 0 Å². The van der Waals surface area contributed by atoms with Crippen LogP contribution in [0.1, 0.15) is 38.3 Å². The average molecular weight is 346 g/mol. The highest BCUT2D eigenvalue weighted by Gasteiger charge is 2.27. The van der Waals surface area contributed by atoms with E-state index in [1.54, 1.807) is 0 Å². The fourth-order valence-corrected chi connectivity index (χ4v) is 3.31. The Morgan fingerprint density at radius 3 is 2.54 bits per heavy atom. The van der Waals surface area contributed by atoms with Crippen LogP contribution in [0.4, 0.5) is 0 Å². The molecule has 0 saturated heterocycles. The van der Waals surface area contributed by atoms with Crippen molar-refractivity contribution in [3.63, 3.8) is 0 Å². The van der Waals surface area contributed by atoms with Crippen LogP contribution in [-0.4, -0.2) is 23.4 Å². The monoisotopic (exact) mass is 345 g/mol. The van der Waals surface area contributed by atoms with Gasteiger partial charge in [0.05, 0.1) is 12.5 Å². The maximum Gasteiger partial charge on any atom is 0.227 e. The Morgan fingerprint density at radius 1 is 1.33 bits per heavy atom. The summed E-state index contributed by atoms with van der Waals surface area (Å²) in [4.78, 5) is 14.6. The predicted octanol–water partition coefficient (Wildman–Crippen LogP) is 5.51. The molecule has 0 saturated carbocycles. The van der Waals surface area contributed by atoms with E-state index in [0.717, 1.165) is 23.1 Å². The molecule has 1 atom stereocenters. The summed E-state index contributed by atoms with van der Waals surface area (Å²) in [6.45, 7) is 16.5. The first-order valence-corrected chi connectivity index (χ1v) is 8.88. The molecule has 0 N–H and O–H groups in total. The molecule has 2 rings (SSSR count). The van der Waals surface area contributed by atoms with Crippen molar-refractivity contribution < 1.29 is 4.79 Å². The fourth-order valence-electron chi connectivity index (χ4n) is 3.02. The predicted molar refractivity (Wildman–Crippen MR) is 104 cm³/mol.